The first kappa shape index (κ1) is 16.8. The van der Waals surface area contributed by atoms with Gasteiger partial charge in [-0.05, 0) is 37.3 Å². The Kier molecular flexibility index (Phi) is 4.58. The van der Waals surface area contributed by atoms with Crippen LogP contribution in [0.15, 0.2) is 47.4 Å². The predicted octanol–water partition coefficient (Wildman–Crippen LogP) is 3.84. The molecule has 0 unspecified atom stereocenters. The summed E-state index contributed by atoms with van der Waals surface area (Å²) in [7, 11) is 0. The summed E-state index contributed by atoms with van der Waals surface area (Å²) in [5.41, 5.74) is 1.86. The van der Waals surface area contributed by atoms with Crippen molar-refractivity contribution in [3.8, 4) is 0 Å². The molecular weight excluding hydrogens is 344 g/mol. The molecule has 0 aliphatic heterocycles. The fraction of sp³-hybridized carbons (Fsp3) is 0.118. The number of carboxylic acid groups (broad SMARTS) is 1. The number of nitrogens with zero attached hydrogens (tertiary/aromatic N) is 1. The van der Waals surface area contributed by atoms with Crippen molar-refractivity contribution in [2.75, 3.05) is 10.6 Å². The Morgan fingerprint density at radius 1 is 1.28 bits per heavy atom. The first-order chi connectivity index (χ1) is 11.9. The number of aromatic nitrogens is 2. The Morgan fingerprint density at radius 3 is 2.80 bits per heavy atom. The van der Waals surface area contributed by atoms with E-state index in [0.717, 1.165) is 5.39 Å². The van der Waals surface area contributed by atoms with Crippen molar-refractivity contribution in [3.05, 3.63) is 63.5 Å². The molecule has 3 rings (SSSR count). The molecular formula is C17H15ClN4O3. The van der Waals surface area contributed by atoms with E-state index in [-0.39, 0.29) is 11.6 Å². The Labute approximate surface area is 147 Å². The average Bonchev–Trinajstić information content (AvgIpc) is 2.54. The summed E-state index contributed by atoms with van der Waals surface area (Å²) >= 11 is 5.95. The Balaban J connectivity index is 1.89. The van der Waals surface area contributed by atoms with Crippen LogP contribution in [0, 0.1) is 0 Å². The zero-order chi connectivity index (χ0) is 18.0. The van der Waals surface area contributed by atoms with Gasteiger partial charge in [0, 0.05) is 28.5 Å². The number of halogens is 1. The Hall–Kier alpha value is -3.06. The molecule has 128 valence electrons. The third-order valence-electron chi connectivity index (χ3n) is 3.65. The van der Waals surface area contributed by atoms with Gasteiger partial charge in [0.1, 0.15) is 5.65 Å². The molecule has 0 saturated heterocycles. The Morgan fingerprint density at radius 2 is 2.04 bits per heavy atom. The molecule has 1 amide bonds. The highest BCUT2D eigenvalue weighted by molar-refractivity contribution is 6.31. The minimum atomic E-state index is -1.14. The smallest absolute Gasteiger partial charge is 0.409 e. The summed E-state index contributed by atoms with van der Waals surface area (Å²) in [6.45, 7) is 1.84. The number of hydrogen-bond donors (Lipinski definition) is 4. The molecule has 0 fully saturated rings. The number of fused-ring (bicyclic) bond motifs is 1. The number of anilines is 2. The largest absolute Gasteiger partial charge is 0.465 e. The van der Waals surface area contributed by atoms with E-state index in [9.17, 15) is 9.59 Å². The van der Waals surface area contributed by atoms with E-state index in [1.807, 2.05) is 6.92 Å². The Bertz CT molecular complexity index is 1000. The molecule has 2 aromatic heterocycles. The van der Waals surface area contributed by atoms with E-state index in [4.69, 9.17) is 16.7 Å². The van der Waals surface area contributed by atoms with Gasteiger partial charge in [-0.2, -0.15) is 0 Å². The van der Waals surface area contributed by atoms with Crippen LogP contribution in [-0.2, 0) is 0 Å². The van der Waals surface area contributed by atoms with E-state index < -0.39 is 6.09 Å². The molecule has 3 aromatic rings. The van der Waals surface area contributed by atoms with E-state index >= 15 is 0 Å². The van der Waals surface area contributed by atoms with Gasteiger partial charge in [-0.15, -0.1) is 0 Å². The van der Waals surface area contributed by atoms with Gasteiger partial charge in [-0.25, -0.2) is 9.78 Å². The van der Waals surface area contributed by atoms with Crippen LogP contribution >= 0.6 is 11.6 Å². The third kappa shape index (κ3) is 3.89. The molecule has 2 heterocycles. The predicted molar refractivity (Wildman–Crippen MR) is 97.5 cm³/mol. The minimum Gasteiger partial charge on any atom is -0.465 e. The van der Waals surface area contributed by atoms with E-state index in [0.29, 0.717) is 27.6 Å². The van der Waals surface area contributed by atoms with Crippen LogP contribution in [-0.4, -0.2) is 21.2 Å². The van der Waals surface area contributed by atoms with Gasteiger partial charge in [0.25, 0.3) is 5.56 Å². The first-order valence-corrected chi connectivity index (χ1v) is 7.85. The minimum absolute atomic E-state index is 0.248. The van der Waals surface area contributed by atoms with Crippen molar-refractivity contribution in [1.29, 1.82) is 0 Å². The van der Waals surface area contributed by atoms with Crippen LogP contribution < -0.4 is 16.2 Å². The summed E-state index contributed by atoms with van der Waals surface area (Å²) in [6, 6.07) is 9.95. The quantitative estimate of drug-likeness (QED) is 0.566. The molecule has 0 radical (unpaired) electrons. The number of hydrogen-bond acceptors (Lipinski definition) is 4. The summed E-state index contributed by atoms with van der Waals surface area (Å²) in [5, 5.41) is 15.5. The number of H-pyrrole nitrogens is 1. The number of carbonyl (C=O) groups is 1. The van der Waals surface area contributed by atoms with Crippen LogP contribution in [0.2, 0.25) is 5.02 Å². The zero-order valence-corrected chi connectivity index (χ0v) is 14.0. The molecule has 7 nitrogen and oxygen atoms in total. The lowest BCUT2D eigenvalue weighted by atomic mass is 10.1. The molecule has 0 spiro atoms. The van der Waals surface area contributed by atoms with Crippen molar-refractivity contribution in [1.82, 2.24) is 9.97 Å². The zero-order valence-electron chi connectivity index (χ0n) is 13.2. The van der Waals surface area contributed by atoms with Gasteiger partial charge in [-0.1, -0.05) is 17.7 Å². The van der Waals surface area contributed by atoms with Crippen LogP contribution in [0.1, 0.15) is 18.5 Å². The van der Waals surface area contributed by atoms with Gasteiger partial charge in [0.05, 0.1) is 11.1 Å². The monoisotopic (exact) mass is 358 g/mol. The molecule has 1 atom stereocenters. The third-order valence-corrected chi connectivity index (χ3v) is 3.86. The number of benzene rings is 1. The van der Waals surface area contributed by atoms with Crippen LogP contribution in [0.5, 0.6) is 0 Å². The van der Waals surface area contributed by atoms with Crippen LogP contribution in [0.3, 0.4) is 0 Å². The SMILES string of the molecule is C[C@H](Nc1cccc(NC(=O)O)c1)c1cc2cc(Cl)cnc2[nH]c1=O. The highest BCUT2D eigenvalue weighted by atomic mass is 35.5. The molecule has 0 aliphatic rings. The number of nitrogens with one attached hydrogen (secondary N) is 3. The maximum absolute atomic E-state index is 12.3. The molecule has 0 bridgehead atoms. The van der Waals surface area contributed by atoms with Crippen molar-refractivity contribution in [2.45, 2.75) is 13.0 Å². The van der Waals surface area contributed by atoms with Gasteiger partial charge in [-0.3, -0.25) is 10.1 Å². The fourth-order valence-corrected chi connectivity index (χ4v) is 2.71. The highest BCUT2D eigenvalue weighted by Crippen LogP contribution is 2.22. The lowest BCUT2D eigenvalue weighted by Crippen LogP contribution is -2.19. The molecule has 0 aliphatic carbocycles. The summed E-state index contributed by atoms with van der Waals surface area (Å²) < 4.78 is 0. The van der Waals surface area contributed by atoms with Crippen LogP contribution in [0.25, 0.3) is 11.0 Å². The number of rotatable bonds is 4. The van der Waals surface area contributed by atoms with Crippen molar-refractivity contribution < 1.29 is 9.90 Å². The maximum Gasteiger partial charge on any atom is 0.409 e. The second-order valence-corrected chi connectivity index (χ2v) is 5.96. The number of pyridine rings is 2. The van der Waals surface area contributed by atoms with Crippen molar-refractivity contribution >= 4 is 40.1 Å². The van der Waals surface area contributed by atoms with Crippen molar-refractivity contribution in [2.24, 2.45) is 0 Å². The van der Waals surface area contributed by atoms with E-state index in [1.54, 1.807) is 36.4 Å². The van der Waals surface area contributed by atoms with Gasteiger partial charge < -0.3 is 15.4 Å². The topological polar surface area (TPSA) is 107 Å². The molecule has 25 heavy (non-hydrogen) atoms. The first-order valence-electron chi connectivity index (χ1n) is 7.47. The molecule has 8 heteroatoms. The second-order valence-electron chi connectivity index (χ2n) is 5.52. The standard InChI is InChI=1S/C17H15ClN4O3/c1-9(20-12-3-2-4-13(7-12)21-17(24)25)14-6-10-5-11(18)8-19-15(10)22-16(14)23/h2-9,20-21H,1H3,(H,24,25)(H,19,22,23)/t9-/m0/s1. The lowest BCUT2D eigenvalue weighted by Gasteiger charge is -2.16. The normalized spacial score (nSPS) is 11.9. The number of amides is 1. The average molecular weight is 359 g/mol. The summed E-state index contributed by atoms with van der Waals surface area (Å²) in [6.07, 6.45) is 0.336. The number of aromatic amines is 1. The van der Waals surface area contributed by atoms with Crippen molar-refractivity contribution in [3.63, 3.8) is 0 Å². The fourth-order valence-electron chi connectivity index (χ4n) is 2.54. The lowest BCUT2D eigenvalue weighted by molar-refractivity contribution is 0.210. The molecule has 1 aromatic carbocycles. The highest BCUT2D eigenvalue weighted by Gasteiger charge is 2.12. The van der Waals surface area contributed by atoms with Crippen LogP contribution in [0.4, 0.5) is 16.2 Å². The van der Waals surface area contributed by atoms with E-state index in [2.05, 4.69) is 20.6 Å². The molecule has 0 saturated carbocycles. The maximum atomic E-state index is 12.3. The summed E-state index contributed by atoms with van der Waals surface area (Å²) in [4.78, 5) is 29.9. The van der Waals surface area contributed by atoms with Gasteiger partial charge in [0.2, 0.25) is 0 Å². The molecule has 4 N–H and O–H groups in total. The second kappa shape index (κ2) is 6.82. The summed E-state index contributed by atoms with van der Waals surface area (Å²) in [5.74, 6) is 0. The van der Waals surface area contributed by atoms with Gasteiger partial charge in [0.15, 0.2) is 0 Å². The van der Waals surface area contributed by atoms with Gasteiger partial charge >= 0.3 is 6.09 Å². The van der Waals surface area contributed by atoms with E-state index in [1.165, 1.54) is 6.20 Å².